The third kappa shape index (κ3) is 75.7. The summed E-state index contributed by atoms with van der Waals surface area (Å²) in [6.45, 7) is 4.68. The van der Waals surface area contributed by atoms with Crippen LogP contribution in [-0.2, 0) is 33.3 Å². The summed E-state index contributed by atoms with van der Waals surface area (Å²) in [5.74, 6) is -2.26. The molecule has 0 aliphatic carbocycles. The molecule has 0 fully saturated rings. The summed E-state index contributed by atoms with van der Waals surface area (Å²) in [6.07, 6.45) is 98.5. The molecule has 0 saturated heterocycles. The Bertz CT molecular complexity index is 1810. The van der Waals surface area contributed by atoms with E-state index in [0.717, 1.165) is 70.6 Å². The number of unbranched alkanes of at least 4 members (excludes halogenated alkanes) is 45. The van der Waals surface area contributed by atoms with Gasteiger partial charge in [-0.2, -0.15) is 0 Å². The Morgan fingerprint density at radius 3 is 0.914 bits per heavy atom. The summed E-state index contributed by atoms with van der Waals surface area (Å²) in [7, 11) is 5.95. The Balaban J connectivity index is 4.00. The monoisotopic (exact) mass is 1300 g/mol. The zero-order chi connectivity index (χ0) is 67.5. The maximum Gasteiger partial charge on any atom is 0.306 e. The summed E-state index contributed by atoms with van der Waals surface area (Å²) < 4.78 is 22.9. The number of nitrogens with zero attached hydrogens (tertiary/aromatic N) is 1. The number of carbonyl (C=O) groups is 3. The molecule has 0 radical (unpaired) electrons. The fraction of sp³-hybridized carbons (Fsp3) is 0.798. The lowest BCUT2D eigenvalue weighted by molar-refractivity contribution is -0.870. The van der Waals surface area contributed by atoms with Gasteiger partial charge >= 0.3 is 11.9 Å². The van der Waals surface area contributed by atoms with Crippen LogP contribution < -0.4 is 5.11 Å². The van der Waals surface area contributed by atoms with Gasteiger partial charge < -0.3 is 33.3 Å². The summed E-state index contributed by atoms with van der Waals surface area (Å²) in [6, 6.07) is 0. The average Bonchev–Trinajstić information content (AvgIpc) is 3.74. The molecule has 0 aromatic carbocycles. The molecule has 93 heavy (non-hydrogen) atoms. The van der Waals surface area contributed by atoms with Crippen LogP contribution in [0.5, 0.6) is 0 Å². The van der Waals surface area contributed by atoms with Crippen molar-refractivity contribution in [3.8, 4) is 0 Å². The van der Waals surface area contributed by atoms with Crippen molar-refractivity contribution in [3.05, 3.63) is 85.1 Å². The molecule has 0 N–H and O–H groups in total. The second kappa shape index (κ2) is 74.3. The Labute approximate surface area is 576 Å². The molecule has 0 amide bonds. The quantitative estimate of drug-likeness (QED) is 0.0195. The number of allylic oxidation sites excluding steroid dienone is 14. The van der Waals surface area contributed by atoms with E-state index in [1.165, 1.54) is 270 Å². The van der Waals surface area contributed by atoms with Crippen molar-refractivity contribution < 1.29 is 42.9 Å². The van der Waals surface area contributed by atoms with Crippen LogP contribution in [0.25, 0.3) is 0 Å². The van der Waals surface area contributed by atoms with E-state index < -0.39 is 24.3 Å². The highest BCUT2D eigenvalue weighted by molar-refractivity contribution is 5.70. The second-order valence-electron chi connectivity index (χ2n) is 28.0. The molecule has 2 unspecified atom stereocenters. The number of hydrogen-bond acceptors (Lipinski definition) is 8. The highest BCUT2D eigenvalue weighted by atomic mass is 16.7. The molecule has 0 aliphatic rings. The number of ether oxygens (including phenoxy) is 4. The number of hydrogen-bond donors (Lipinski definition) is 0. The van der Waals surface area contributed by atoms with Crippen LogP contribution in [0, 0.1) is 0 Å². The molecule has 0 heterocycles. The van der Waals surface area contributed by atoms with Gasteiger partial charge in [-0.25, -0.2) is 0 Å². The standard InChI is InChI=1S/C84H151NO8/c1-6-8-10-12-14-16-18-20-22-24-26-28-30-32-34-36-38-40-41-43-44-46-48-50-52-54-56-58-60-62-64-66-68-70-72-74-81(86)91-78-80(79-92-84(83(88)89)90-77-76-85(3,4)5)93-82(87)75-73-71-69-67-65-63-61-59-57-55-53-51-49-47-45-42-39-37-35-33-31-29-27-25-23-21-19-17-15-13-11-9-7-2/h9,11,15,17-18,20-21,23-24,26-27,29,33,35,80,84H,6-8,10,12-14,16,19,22,25,28,30-32,34,36-79H2,1-5H3/b11-9-,17-15-,20-18-,23-21-,26-24-,29-27-,35-33-. The minimum atomic E-state index is -1.62. The lowest BCUT2D eigenvalue weighted by Crippen LogP contribution is -2.44. The van der Waals surface area contributed by atoms with Gasteiger partial charge in [-0.1, -0.05) is 356 Å². The van der Waals surface area contributed by atoms with E-state index in [4.69, 9.17) is 18.9 Å². The molecule has 0 spiro atoms. The highest BCUT2D eigenvalue weighted by Gasteiger charge is 2.22. The number of carbonyl (C=O) groups excluding carboxylic acids is 3. The van der Waals surface area contributed by atoms with Crippen molar-refractivity contribution in [2.24, 2.45) is 0 Å². The van der Waals surface area contributed by atoms with E-state index in [1.807, 2.05) is 21.1 Å². The normalized spacial score (nSPS) is 13.1. The molecule has 0 aromatic rings. The molecule has 2 atom stereocenters. The number of likely N-dealkylation sites (N-methyl/N-ethyl adjacent to an activating group) is 1. The van der Waals surface area contributed by atoms with Crippen molar-refractivity contribution in [2.75, 3.05) is 47.5 Å². The van der Waals surface area contributed by atoms with E-state index in [2.05, 4.69) is 98.9 Å². The molecule has 9 heteroatoms. The number of aliphatic carboxylic acids is 1. The van der Waals surface area contributed by atoms with Gasteiger partial charge in [0, 0.05) is 12.8 Å². The van der Waals surface area contributed by atoms with Gasteiger partial charge in [0.15, 0.2) is 12.4 Å². The molecule has 0 aromatic heterocycles. The van der Waals surface area contributed by atoms with Crippen LogP contribution in [0.15, 0.2) is 85.1 Å². The summed E-state index contributed by atoms with van der Waals surface area (Å²) >= 11 is 0. The van der Waals surface area contributed by atoms with Crippen LogP contribution >= 0.6 is 0 Å². The van der Waals surface area contributed by atoms with Gasteiger partial charge in [-0.3, -0.25) is 9.59 Å². The van der Waals surface area contributed by atoms with Crippen molar-refractivity contribution in [3.63, 3.8) is 0 Å². The van der Waals surface area contributed by atoms with Crippen molar-refractivity contribution in [2.45, 2.75) is 386 Å². The molecular formula is C84H151NO8. The van der Waals surface area contributed by atoms with E-state index in [9.17, 15) is 19.5 Å². The van der Waals surface area contributed by atoms with Crippen molar-refractivity contribution in [1.82, 2.24) is 0 Å². The van der Waals surface area contributed by atoms with Crippen LogP contribution in [-0.4, -0.2) is 82.3 Å². The summed E-state index contributed by atoms with van der Waals surface area (Å²) in [5.41, 5.74) is 0. The highest BCUT2D eigenvalue weighted by Crippen LogP contribution is 2.19. The third-order valence-corrected chi connectivity index (χ3v) is 17.6. The van der Waals surface area contributed by atoms with Crippen molar-refractivity contribution in [1.29, 1.82) is 0 Å². The van der Waals surface area contributed by atoms with Gasteiger partial charge in [0.25, 0.3) is 0 Å². The number of quaternary nitrogens is 1. The second-order valence-corrected chi connectivity index (χ2v) is 28.0. The largest absolute Gasteiger partial charge is 0.545 e. The first-order valence-electron chi connectivity index (χ1n) is 39.7. The molecular weight excluding hydrogens is 1150 g/mol. The Morgan fingerprint density at radius 2 is 0.613 bits per heavy atom. The number of esters is 2. The zero-order valence-electron chi connectivity index (χ0n) is 61.9. The molecule has 0 rings (SSSR count). The van der Waals surface area contributed by atoms with E-state index in [1.54, 1.807) is 0 Å². The lowest BCUT2D eigenvalue weighted by Gasteiger charge is -2.26. The zero-order valence-corrected chi connectivity index (χ0v) is 61.9. The van der Waals surface area contributed by atoms with E-state index >= 15 is 0 Å². The fourth-order valence-electron chi connectivity index (χ4n) is 11.6. The fourth-order valence-corrected chi connectivity index (χ4v) is 11.6. The van der Waals surface area contributed by atoms with Gasteiger partial charge in [0.2, 0.25) is 0 Å². The molecule has 0 aliphatic heterocycles. The van der Waals surface area contributed by atoms with Gasteiger partial charge in [0.1, 0.15) is 13.2 Å². The molecule has 0 saturated carbocycles. The maximum atomic E-state index is 13.0. The topological polar surface area (TPSA) is 111 Å². The molecule has 540 valence electrons. The molecule has 9 nitrogen and oxygen atoms in total. The van der Waals surface area contributed by atoms with Crippen molar-refractivity contribution >= 4 is 17.9 Å². The van der Waals surface area contributed by atoms with E-state index in [0.29, 0.717) is 23.9 Å². The third-order valence-electron chi connectivity index (χ3n) is 17.6. The predicted octanol–water partition coefficient (Wildman–Crippen LogP) is 24.0. The maximum absolute atomic E-state index is 13.0. The average molecular weight is 1300 g/mol. The van der Waals surface area contributed by atoms with Gasteiger partial charge in [-0.15, -0.1) is 0 Å². The smallest absolute Gasteiger partial charge is 0.306 e. The van der Waals surface area contributed by atoms with Crippen LogP contribution in [0.1, 0.15) is 373 Å². The predicted molar refractivity (Wildman–Crippen MR) is 398 cm³/mol. The first-order valence-corrected chi connectivity index (χ1v) is 39.7. The SMILES string of the molecule is CC/C=C\C/C=C\C/C=C\C/C=C\C/C=C\CCCCCCCCCCCCCCCCCCCC(=O)OC(COC(=O)CCCCCCCCCCCCCCCCCCCCCCCCC/C=C\C/C=C\CCCCCCC)COC(OCC[N+](C)(C)C)C(=O)[O-]. The molecule has 0 bridgehead atoms. The Kier molecular flexibility index (Phi) is 71.4. The van der Waals surface area contributed by atoms with Crippen LogP contribution in [0.3, 0.4) is 0 Å². The van der Waals surface area contributed by atoms with E-state index in [-0.39, 0.29) is 32.2 Å². The number of carboxylic acids is 1. The first kappa shape index (κ1) is 89.5. The minimum absolute atomic E-state index is 0.148. The Hall–Kier alpha value is -3.53. The number of rotatable bonds is 74. The van der Waals surface area contributed by atoms with Gasteiger partial charge in [0.05, 0.1) is 40.3 Å². The first-order chi connectivity index (χ1) is 45.6. The van der Waals surface area contributed by atoms with Crippen LogP contribution in [0.4, 0.5) is 0 Å². The van der Waals surface area contributed by atoms with Crippen LogP contribution in [0.2, 0.25) is 0 Å². The summed E-state index contributed by atoms with van der Waals surface area (Å²) in [4.78, 5) is 37.6. The lowest BCUT2D eigenvalue weighted by atomic mass is 10.0. The Morgan fingerprint density at radius 1 is 0.333 bits per heavy atom. The minimum Gasteiger partial charge on any atom is -0.545 e. The van der Waals surface area contributed by atoms with Gasteiger partial charge in [-0.05, 0) is 89.9 Å². The summed E-state index contributed by atoms with van der Waals surface area (Å²) in [5, 5.41) is 11.9. The number of carboxylic acid groups (broad SMARTS) is 1.